The highest BCUT2D eigenvalue weighted by Gasteiger charge is 2.09. The maximum absolute atomic E-state index is 12.3. The van der Waals surface area contributed by atoms with E-state index in [-0.39, 0.29) is 5.91 Å². The van der Waals surface area contributed by atoms with Crippen molar-refractivity contribution in [3.8, 4) is 0 Å². The molecule has 0 aliphatic heterocycles. The number of hydrogen-bond donors (Lipinski definition) is 2. The van der Waals surface area contributed by atoms with Gasteiger partial charge < -0.3 is 10.3 Å². The summed E-state index contributed by atoms with van der Waals surface area (Å²) in [6, 6.07) is 13.3. The zero-order chi connectivity index (χ0) is 18.6. The van der Waals surface area contributed by atoms with Crippen LogP contribution < -0.4 is 5.32 Å². The predicted octanol–water partition coefficient (Wildman–Crippen LogP) is 4.01. The number of H-pyrrole nitrogens is 1. The van der Waals surface area contributed by atoms with Gasteiger partial charge in [-0.2, -0.15) is 0 Å². The summed E-state index contributed by atoms with van der Waals surface area (Å²) in [5, 5.41) is 13.0. The lowest BCUT2D eigenvalue weighted by Gasteiger charge is -2.04. The zero-order valence-electron chi connectivity index (χ0n) is 14.8. The van der Waals surface area contributed by atoms with Crippen LogP contribution in [0.1, 0.15) is 35.6 Å². The van der Waals surface area contributed by atoms with E-state index >= 15 is 0 Å². The van der Waals surface area contributed by atoms with Gasteiger partial charge in [-0.1, -0.05) is 30.2 Å². The molecule has 1 aromatic carbocycles. The first-order chi connectivity index (χ1) is 13.2. The van der Waals surface area contributed by atoms with Crippen LogP contribution in [-0.2, 0) is 6.42 Å². The third-order valence-electron chi connectivity index (χ3n) is 4.58. The van der Waals surface area contributed by atoms with Crippen molar-refractivity contribution in [2.45, 2.75) is 25.7 Å². The van der Waals surface area contributed by atoms with Crippen LogP contribution in [0.4, 0.5) is 0 Å². The van der Waals surface area contributed by atoms with Gasteiger partial charge in [0.05, 0.1) is 0 Å². The smallest absolute Gasteiger partial charge is 0.267 e. The second-order valence-electron chi connectivity index (χ2n) is 6.53. The fraction of sp³-hybridized carbons (Fsp3) is 0.250. The molecule has 4 aromatic rings. The summed E-state index contributed by atoms with van der Waals surface area (Å²) in [4.78, 5) is 15.4. The monoisotopic (exact) mass is 381 g/mol. The van der Waals surface area contributed by atoms with Crippen LogP contribution in [0.5, 0.6) is 0 Å². The van der Waals surface area contributed by atoms with Crippen LogP contribution in [0.25, 0.3) is 16.6 Å². The van der Waals surface area contributed by atoms with Crippen molar-refractivity contribution in [2.24, 2.45) is 0 Å². The lowest BCUT2D eigenvalue weighted by molar-refractivity contribution is 0.0949. The van der Waals surface area contributed by atoms with Crippen molar-refractivity contribution in [3.63, 3.8) is 0 Å². The molecule has 0 atom stereocenters. The van der Waals surface area contributed by atoms with Gasteiger partial charge in [-0.25, -0.2) is 0 Å². The average molecular weight is 382 g/mol. The highest BCUT2D eigenvalue weighted by atomic mass is 35.5. The maximum Gasteiger partial charge on any atom is 0.267 e. The Labute approximate surface area is 161 Å². The Kier molecular flexibility index (Phi) is 5.07. The van der Waals surface area contributed by atoms with E-state index in [2.05, 4.69) is 20.5 Å². The molecule has 1 amide bonds. The van der Waals surface area contributed by atoms with E-state index in [0.717, 1.165) is 48.1 Å². The minimum atomic E-state index is -0.0919. The largest absolute Gasteiger partial charge is 0.351 e. The quantitative estimate of drug-likeness (QED) is 0.475. The Morgan fingerprint density at radius 1 is 1.11 bits per heavy atom. The molecule has 3 heterocycles. The molecule has 0 saturated carbocycles. The van der Waals surface area contributed by atoms with Crippen molar-refractivity contribution in [1.82, 2.24) is 24.9 Å². The first-order valence-electron chi connectivity index (χ1n) is 9.06. The molecule has 6 nitrogen and oxygen atoms in total. The third kappa shape index (κ3) is 3.95. The number of unbranched alkanes of at least 4 members (excludes halogenated alkanes) is 2. The van der Waals surface area contributed by atoms with Gasteiger partial charge in [-0.15, -0.1) is 10.2 Å². The molecule has 7 heteroatoms. The van der Waals surface area contributed by atoms with Crippen LogP contribution in [0.2, 0.25) is 5.02 Å². The molecular formula is C20H20ClN5O. The summed E-state index contributed by atoms with van der Waals surface area (Å²) >= 11 is 5.98. The van der Waals surface area contributed by atoms with Gasteiger partial charge in [0.2, 0.25) is 0 Å². The van der Waals surface area contributed by atoms with E-state index in [1.54, 1.807) is 0 Å². The van der Waals surface area contributed by atoms with E-state index < -0.39 is 0 Å². The number of rotatable bonds is 7. The highest BCUT2D eigenvalue weighted by Crippen LogP contribution is 2.19. The lowest BCUT2D eigenvalue weighted by Crippen LogP contribution is -2.24. The van der Waals surface area contributed by atoms with E-state index in [4.69, 9.17) is 11.6 Å². The molecule has 0 fully saturated rings. The molecule has 138 valence electrons. The van der Waals surface area contributed by atoms with Crippen LogP contribution in [0, 0.1) is 0 Å². The molecule has 3 aromatic heterocycles. The Bertz CT molecular complexity index is 1080. The van der Waals surface area contributed by atoms with E-state index in [1.165, 1.54) is 0 Å². The van der Waals surface area contributed by atoms with Crippen molar-refractivity contribution in [3.05, 3.63) is 65.2 Å². The van der Waals surface area contributed by atoms with Crippen LogP contribution in [0.3, 0.4) is 0 Å². The standard InChI is InChI=1S/C20H20ClN5O/c21-15-9-8-14-12-17(23-16(14)13-15)20(27)22-10-4-1-2-6-18-24-25-19-7-3-5-11-26(18)19/h3,5,7-9,11-13,23H,1-2,4,6,10H2,(H,22,27). The van der Waals surface area contributed by atoms with E-state index in [0.29, 0.717) is 17.3 Å². The molecule has 0 aliphatic rings. The number of nitrogens with one attached hydrogen (secondary N) is 2. The number of carbonyl (C=O) groups excluding carboxylic acids is 1. The van der Waals surface area contributed by atoms with Gasteiger partial charge in [-0.3, -0.25) is 9.20 Å². The second kappa shape index (κ2) is 7.80. The maximum atomic E-state index is 12.3. The van der Waals surface area contributed by atoms with Gasteiger partial charge in [-0.05, 0) is 43.2 Å². The zero-order valence-corrected chi connectivity index (χ0v) is 15.5. The van der Waals surface area contributed by atoms with Crippen LogP contribution in [0.15, 0.2) is 48.7 Å². The van der Waals surface area contributed by atoms with Crippen molar-refractivity contribution in [2.75, 3.05) is 6.54 Å². The number of fused-ring (bicyclic) bond motifs is 2. The fourth-order valence-electron chi connectivity index (χ4n) is 3.17. The number of carbonyl (C=O) groups is 1. The van der Waals surface area contributed by atoms with Gasteiger partial charge in [0.25, 0.3) is 5.91 Å². The number of aromatic amines is 1. The number of hydrogen-bond acceptors (Lipinski definition) is 3. The third-order valence-corrected chi connectivity index (χ3v) is 4.81. The summed E-state index contributed by atoms with van der Waals surface area (Å²) in [5.41, 5.74) is 2.30. The normalized spacial score (nSPS) is 11.3. The number of aromatic nitrogens is 4. The van der Waals surface area contributed by atoms with Crippen molar-refractivity contribution < 1.29 is 4.79 Å². The lowest BCUT2D eigenvalue weighted by atomic mass is 10.2. The first kappa shape index (κ1) is 17.5. The summed E-state index contributed by atoms with van der Waals surface area (Å²) < 4.78 is 2.02. The summed E-state index contributed by atoms with van der Waals surface area (Å²) in [6.07, 6.45) is 5.82. The SMILES string of the molecule is O=C(NCCCCCc1nnc2ccccn12)c1cc2ccc(Cl)cc2[nH]1. The topological polar surface area (TPSA) is 75.1 Å². The number of nitrogens with zero attached hydrogens (tertiary/aromatic N) is 3. The molecule has 0 radical (unpaired) electrons. The van der Waals surface area contributed by atoms with Crippen molar-refractivity contribution in [1.29, 1.82) is 0 Å². The van der Waals surface area contributed by atoms with E-state index in [9.17, 15) is 4.79 Å². The first-order valence-corrected chi connectivity index (χ1v) is 9.43. The molecule has 27 heavy (non-hydrogen) atoms. The van der Waals surface area contributed by atoms with Gasteiger partial charge in [0.1, 0.15) is 11.5 Å². The van der Waals surface area contributed by atoms with Gasteiger partial charge in [0.15, 0.2) is 5.65 Å². The number of halogens is 1. The number of amides is 1. The fourth-order valence-corrected chi connectivity index (χ4v) is 3.34. The Morgan fingerprint density at radius 3 is 2.96 bits per heavy atom. The summed E-state index contributed by atoms with van der Waals surface area (Å²) in [7, 11) is 0. The summed E-state index contributed by atoms with van der Waals surface area (Å²) in [5.74, 6) is 0.886. The van der Waals surface area contributed by atoms with Crippen LogP contribution in [-0.4, -0.2) is 32.0 Å². The molecular weight excluding hydrogens is 362 g/mol. The predicted molar refractivity (Wildman–Crippen MR) is 106 cm³/mol. The van der Waals surface area contributed by atoms with Gasteiger partial charge in [0, 0.05) is 35.1 Å². The summed E-state index contributed by atoms with van der Waals surface area (Å²) in [6.45, 7) is 0.648. The molecule has 0 unspecified atom stereocenters. The van der Waals surface area contributed by atoms with Crippen LogP contribution >= 0.6 is 11.6 Å². The molecule has 0 aliphatic carbocycles. The number of benzene rings is 1. The Balaban J connectivity index is 1.22. The minimum absolute atomic E-state index is 0.0919. The van der Waals surface area contributed by atoms with Gasteiger partial charge >= 0.3 is 0 Å². The molecule has 0 saturated heterocycles. The molecule has 4 rings (SSSR count). The Morgan fingerprint density at radius 2 is 2.04 bits per heavy atom. The molecule has 2 N–H and O–H groups in total. The Hall–Kier alpha value is -2.86. The minimum Gasteiger partial charge on any atom is -0.351 e. The number of aryl methyl sites for hydroxylation is 1. The van der Waals surface area contributed by atoms with E-state index in [1.807, 2.05) is 53.1 Å². The average Bonchev–Trinajstić information content (AvgIpc) is 3.28. The number of pyridine rings is 1. The van der Waals surface area contributed by atoms with Crippen molar-refractivity contribution >= 4 is 34.1 Å². The second-order valence-corrected chi connectivity index (χ2v) is 6.96. The molecule has 0 spiro atoms. The molecule has 0 bridgehead atoms. The highest BCUT2D eigenvalue weighted by molar-refractivity contribution is 6.31.